The van der Waals surface area contributed by atoms with E-state index in [0.717, 1.165) is 6.42 Å². The first-order valence-electron chi connectivity index (χ1n) is 6.54. The Balaban J connectivity index is 1.70. The van der Waals surface area contributed by atoms with Gasteiger partial charge in [-0.2, -0.15) is 0 Å². The van der Waals surface area contributed by atoms with E-state index >= 15 is 0 Å². The number of allylic oxidation sites excluding steroid dienone is 2. The molecule has 1 aliphatic heterocycles. The van der Waals surface area contributed by atoms with Gasteiger partial charge < -0.3 is 15.7 Å². The molecule has 102 valence electrons. The Morgan fingerprint density at radius 1 is 1.26 bits per heavy atom. The number of carboxylic acid groups (broad SMARTS) is 1. The smallest absolute Gasteiger partial charge is 0.307 e. The van der Waals surface area contributed by atoms with Crippen molar-refractivity contribution in [2.75, 3.05) is 6.54 Å². The maximum absolute atomic E-state index is 12.3. The maximum atomic E-state index is 12.3. The van der Waals surface area contributed by atoms with Crippen LogP contribution in [0.5, 0.6) is 0 Å². The normalized spacial score (nSPS) is 39.4. The number of amides is 2. The summed E-state index contributed by atoms with van der Waals surface area (Å²) in [5, 5.41) is 14.7. The fourth-order valence-electron chi connectivity index (χ4n) is 3.52. The lowest BCUT2D eigenvalue weighted by Gasteiger charge is -2.25. The number of rotatable bonds is 3. The summed E-state index contributed by atoms with van der Waals surface area (Å²) < 4.78 is 0. The molecule has 3 rings (SSSR count). The minimum absolute atomic E-state index is 0.0242. The monoisotopic (exact) mass is 264 g/mol. The van der Waals surface area contributed by atoms with Gasteiger partial charge in [0.05, 0.1) is 17.9 Å². The number of carbonyl (C=O) groups is 3. The van der Waals surface area contributed by atoms with Gasteiger partial charge in [0.25, 0.3) is 0 Å². The SMILES string of the molecule is O=C1CC(NC(=O)[C@H]2C3C=CC(C3)[C@H]2C(=O)O)CN1. The van der Waals surface area contributed by atoms with Crippen LogP contribution < -0.4 is 10.6 Å². The first-order valence-corrected chi connectivity index (χ1v) is 6.54. The number of nitrogens with one attached hydrogen (secondary N) is 2. The molecular formula is C13H16N2O4. The van der Waals surface area contributed by atoms with Gasteiger partial charge in [-0.3, -0.25) is 14.4 Å². The molecular weight excluding hydrogens is 248 g/mol. The first kappa shape index (κ1) is 12.2. The Bertz CT molecular complexity index is 473. The molecule has 6 nitrogen and oxygen atoms in total. The molecule has 1 heterocycles. The summed E-state index contributed by atoms with van der Waals surface area (Å²) in [6, 6.07) is -0.211. The largest absolute Gasteiger partial charge is 0.481 e. The van der Waals surface area contributed by atoms with Crippen molar-refractivity contribution in [2.45, 2.75) is 18.9 Å². The molecule has 3 unspecified atom stereocenters. The van der Waals surface area contributed by atoms with Gasteiger partial charge in [-0.25, -0.2) is 0 Å². The number of carboxylic acids is 1. The molecule has 0 aromatic rings. The van der Waals surface area contributed by atoms with Gasteiger partial charge in [0.15, 0.2) is 0 Å². The van der Waals surface area contributed by atoms with Crippen LogP contribution in [-0.2, 0) is 14.4 Å². The summed E-state index contributed by atoms with van der Waals surface area (Å²) in [4.78, 5) is 34.7. The van der Waals surface area contributed by atoms with Crippen molar-refractivity contribution >= 4 is 17.8 Å². The number of carbonyl (C=O) groups excluding carboxylic acids is 2. The molecule has 6 heteroatoms. The van der Waals surface area contributed by atoms with Crippen LogP contribution in [0.25, 0.3) is 0 Å². The summed E-state index contributed by atoms with van der Waals surface area (Å²) >= 11 is 0. The summed E-state index contributed by atoms with van der Waals surface area (Å²) in [7, 11) is 0. The third-order valence-corrected chi connectivity index (χ3v) is 4.37. The highest BCUT2D eigenvalue weighted by molar-refractivity contribution is 5.88. The molecule has 0 aromatic carbocycles. The van der Waals surface area contributed by atoms with E-state index < -0.39 is 17.8 Å². The van der Waals surface area contributed by atoms with E-state index in [9.17, 15) is 19.5 Å². The summed E-state index contributed by atoms with van der Waals surface area (Å²) in [6.45, 7) is 0.430. The van der Waals surface area contributed by atoms with Crippen LogP contribution in [0.15, 0.2) is 12.2 Å². The molecule has 5 atom stereocenters. The molecule has 0 aromatic heterocycles. The van der Waals surface area contributed by atoms with E-state index in [-0.39, 0.29) is 36.1 Å². The Morgan fingerprint density at radius 2 is 1.95 bits per heavy atom. The zero-order valence-electron chi connectivity index (χ0n) is 10.3. The average molecular weight is 264 g/mol. The number of aliphatic carboxylic acids is 1. The molecule has 0 spiro atoms. The van der Waals surface area contributed by atoms with Crippen LogP contribution in [0, 0.1) is 23.7 Å². The van der Waals surface area contributed by atoms with Gasteiger partial charge in [0.2, 0.25) is 11.8 Å². The topological polar surface area (TPSA) is 95.5 Å². The summed E-state index contributed by atoms with van der Waals surface area (Å²) in [5.74, 6) is -2.34. The molecule has 2 bridgehead atoms. The number of hydrogen-bond acceptors (Lipinski definition) is 3. The second-order valence-electron chi connectivity index (χ2n) is 5.55. The Labute approximate surface area is 110 Å². The van der Waals surface area contributed by atoms with Gasteiger partial charge in [-0.1, -0.05) is 12.2 Å². The van der Waals surface area contributed by atoms with Crippen LogP contribution in [-0.4, -0.2) is 35.5 Å². The summed E-state index contributed by atoms with van der Waals surface area (Å²) in [6.07, 6.45) is 4.89. The third kappa shape index (κ3) is 2.01. The molecule has 0 radical (unpaired) electrons. The average Bonchev–Trinajstić information content (AvgIpc) is 3.03. The van der Waals surface area contributed by atoms with Crippen LogP contribution in [0.2, 0.25) is 0 Å². The van der Waals surface area contributed by atoms with Crippen molar-refractivity contribution in [3.8, 4) is 0 Å². The molecule has 1 saturated carbocycles. The van der Waals surface area contributed by atoms with Crippen LogP contribution >= 0.6 is 0 Å². The van der Waals surface area contributed by atoms with Crippen molar-refractivity contribution in [3.63, 3.8) is 0 Å². The Kier molecular flexibility index (Phi) is 2.80. The van der Waals surface area contributed by atoms with Gasteiger partial charge in [-0.05, 0) is 18.3 Å². The van der Waals surface area contributed by atoms with Gasteiger partial charge in [-0.15, -0.1) is 0 Å². The number of hydrogen-bond donors (Lipinski definition) is 3. The van der Waals surface area contributed by atoms with E-state index in [1.807, 2.05) is 12.2 Å². The van der Waals surface area contributed by atoms with Crippen molar-refractivity contribution in [1.82, 2.24) is 10.6 Å². The third-order valence-electron chi connectivity index (χ3n) is 4.37. The van der Waals surface area contributed by atoms with Gasteiger partial charge in [0, 0.05) is 13.0 Å². The van der Waals surface area contributed by atoms with Crippen molar-refractivity contribution in [3.05, 3.63) is 12.2 Å². The van der Waals surface area contributed by atoms with Gasteiger partial charge >= 0.3 is 5.97 Å². The van der Waals surface area contributed by atoms with Crippen molar-refractivity contribution < 1.29 is 19.5 Å². The zero-order valence-corrected chi connectivity index (χ0v) is 10.3. The van der Waals surface area contributed by atoms with Crippen molar-refractivity contribution in [2.24, 2.45) is 23.7 Å². The van der Waals surface area contributed by atoms with E-state index in [1.54, 1.807) is 0 Å². The Hall–Kier alpha value is -1.85. The molecule has 3 N–H and O–H groups in total. The minimum Gasteiger partial charge on any atom is -0.481 e. The van der Waals surface area contributed by atoms with Crippen LogP contribution in [0.1, 0.15) is 12.8 Å². The van der Waals surface area contributed by atoms with E-state index in [2.05, 4.69) is 10.6 Å². The quantitative estimate of drug-likeness (QED) is 0.600. The van der Waals surface area contributed by atoms with E-state index in [1.165, 1.54) is 0 Å². The fourth-order valence-corrected chi connectivity index (χ4v) is 3.52. The second kappa shape index (κ2) is 4.36. The molecule has 1 saturated heterocycles. The fraction of sp³-hybridized carbons (Fsp3) is 0.615. The van der Waals surface area contributed by atoms with Crippen LogP contribution in [0.3, 0.4) is 0 Å². The molecule has 2 aliphatic carbocycles. The lowest BCUT2D eigenvalue weighted by molar-refractivity contribution is -0.148. The number of fused-ring (bicyclic) bond motifs is 2. The molecule has 19 heavy (non-hydrogen) atoms. The zero-order chi connectivity index (χ0) is 13.6. The van der Waals surface area contributed by atoms with E-state index in [0.29, 0.717) is 6.54 Å². The van der Waals surface area contributed by atoms with E-state index in [4.69, 9.17) is 0 Å². The first-order chi connectivity index (χ1) is 9.06. The Morgan fingerprint density at radius 3 is 2.53 bits per heavy atom. The lowest BCUT2D eigenvalue weighted by atomic mass is 9.82. The predicted molar refractivity (Wildman–Crippen MR) is 64.9 cm³/mol. The second-order valence-corrected chi connectivity index (χ2v) is 5.55. The standard InChI is InChI=1S/C13H16N2O4/c16-9-4-8(5-14-9)15-12(17)10-6-1-2-7(3-6)11(10)13(18)19/h1-2,6-8,10-11H,3-5H2,(H,14,16)(H,15,17)(H,18,19)/t6?,7?,8?,10-,11+/m0/s1. The highest BCUT2D eigenvalue weighted by atomic mass is 16.4. The molecule has 2 amide bonds. The van der Waals surface area contributed by atoms with Crippen LogP contribution in [0.4, 0.5) is 0 Å². The lowest BCUT2D eigenvalue weighted by Crippen LogP contribution is -2.45. The molecule has 3 aliphatic rings. The van der Waals surface area contributed by atoms with Gasteiger partial charge in [0.1, 0.15) is 0 Å². The summed E-state index contributed by atoms with van der Waals surface area (Å²) in [5.41, 5.74) is 0. The minimum atomic E-state index is -0.905. The molecule has 2 fully saturated rings. The maximum Gasteiger partial charge on any atom is 0.307 e. The highest BCUT2D eigenvalue weighted by Crippen LogP contribution is 2.48. The van der Waals surface area contributed by atoms with Crippen molar-refractivity contribution in [1.29, 1.82) is 0 Å². The highest BCUT2D eigenvalue weighted by Gasteiger charge is 2.51. The predicted octanol–water partition coefficient (Wildman–Crippen LogP) is -0.486.